The van der Waals surface area contributed by atoms with Crippen LogP contribution in [0.2, 0.25) is 0 Å². The van der Waals surface area contributed by atoms with Gasteiger partial charge in [-0.2, -0.15) is 5.10 Å². The van der Waals surface area contributed by atoms with Gasteiger partial charge in [-0.25, -0.2) is 0 Å². The normalized spacial score (nSPS) is 19.0. The molecule has 0 bridgehead atoms. The van der Waals surface area contributed by atoms with Gasteiger partial charge in [0.25, 0.3) is 5.91 Å². The number of hydrogen-bond acceptors (Lipinski definition) is 5. The van der Waals surface area contributed by atoms with Gasteiger partial charge in [0.1, 0.15) is 0 Å². The van der Waals surface area contributed by atoms with E-state index in [0.29, 0.717) is 12.2 Å². The number of rotatable bonds is 4. The molecule has 0 saturated heterocycles. The molecule has 0 aliphatic carbocycles. The van der Waals surface area contributed by atoms with E-state index in [9.17, 15) is 14.4 Å². The molecule has 2 heterocycles. The molecule has 1 aliphatic heterocycles. The molecule has 130 valence electrons. The smallest absolute Gasteiger partial charge is 0.271 e. The molecule has 0 spiro atoms. The second-order valence-electron chi connectivity index (χ2n) is 5.65. The Kier molecular flexibility index (Phi) is 4.25. The van der Waals surface area contributed by atoms with Gasteiger partial charge >= 0.3 is 0 Å². The molecule has 0 fully saturated rings. The fraction of sp³-hybridized carbons (Fsp3) is 0.250. The van der Waals surface area contributed by atoms with E-state index in [2.05, 4.69) is 15.7 Å². The van der Waals surface area contributed by atoms with Crippen molar-refractivity contribution in [2.24, 2.45) is 5.73 Å². The van der Waals surface area contributed by atoms with Crippen molar-refractivity contribution in [3.05, 3.63) is 36.2 Å². The highest BCUT2D eigenvalue weighted by Gasteiger charge is 2.46. The number of aryl methyl sites for hydroxylation is 1. The maximum Gasteiger partial charge on any atom is 0.271 e. The van der Waals surface area contributed by atoms with Gasteiger partial charge < -0.3 is 16.4 Å². The van der Waals surface area contributed by atoms with Crippen molar-refractivity contribution >= 4 is 40.9 Å². The van der Waals surface area contributed by atoms with Gasteiger partial charge in [0.15, 0.2) is 10.4 Å². The molecule has 25 heavy (non-hydrogen) atoms. The number of carbonyl (C=O) groups excluding carboxylic acids is 3. The third-order valence-electron chi connectivity index (χ3n) is 3.88. The van der Waals surface area contributed by atoms with E-state index in [-0.39, 0.29) is 11.4 Å². The Labute approximate surface area is 148 Å². The zero-order valence-corrected chi connectivity index (χ0v) is 14.5. The molecule has 3 rings (SSSR count). The highest BCUT2D eigenvalue weighted by atomic mass is 32.2. The minimum absolute atomic E-state index is 0.0413. The summed E-state index contributed by atoms with van der Waals surface area (Å²) in [7, 11) is 0. The summed E-state index contributed by atoms with van der Waals surface area (Å²) >= 11 is 1.15. The molecular weight excluding hydrogens is 342 g/mol. The summed E-state index contributed by atoms with van der Waals surface area (Å²) in [5, 5.41) is 9.38. The lowest BCUT2D eigenvalue weighted by atomic mass is 10.1. The number of para-hydroxylation sites is 1. The number of fused-ring (bicyclic) bond motifs is 1. The molecular formula is C16H17N5O3S. The zero-order valence-electron chi connectivity index (χ0n) is 13.7. The van der Waals surface area contributed by atoms with Crippen molar-refractivity contribution in [3.8, 4) is 0 Å². The summed E-state index contributed by atoms with van der Waals surface area (Å²) in [5.74, 6) is -1.74. The minimum Gasteiger partial charge on any atom is -0.364 e. The summed E-state index contributed by atoms with van der Waals surface area (Å²) in [6.45, 7) is 3.88. The Morgan fingerprint density at radius 1 is 1.40 bits per heavy atom. The van der Waals surface area contributed by atoms with E-state index in [1.165, 1.54) is 17.8 Å². The van der Waals surface area contributed by atoms with Crippen LogP contribution in [0.3, 0.4) is 0 Å². The number of hydrogen-bond donors (Lipinski definition) is 3. The quantitative estimate of drug-likeness (QED) is 0.714. The van der Waals surface area contributed by atoms with Gasteiger partial charge in [-0.05, 0) is 26.0 Å². The summed E-state index contributed by atoms with van der Waals surface area (Å²) in [6.07, 6.45) is 1.51. The lowest BCUT2D eigenvalue weighted by Gasteiger charge is -2.31. The molecule has 1 aromatic carbocycles. The van der Waals surface area contributed by atoms with E-state index in [1.807, 2.05) is 19.1 Å². The van der Waals surface area contributed by atoms with E-state index < -0.39 is 22.5 Å². The number of aromatic nitrogens is 2. The number of nitrogens with zero attached hydrogens (tertiary/aromatic N) is 2. The first kappa shape index (κ1) is 17.0. The zero-order chi connectivity index (χ0) is 18.2. The van der Waals surface area contributed by atoms with Crippen molar-refractivity contribution in [2.45, 2.75) is 30.0 Å². The number of carbonyl (C=O) groups is 3. The van der Waals surface area contributed by atoms with E-state index >= 15 is 0 Å². The maximum absolute atomic E-state index is 12.8. The number of nitrogens with one attached hydrogen (secondary N) is 2. The topological polar surface area (TPSA) is 119 Å². The van der Waals surface area contributed by atoms with Gasteiger partial charge in [0, 0.05) is 17.6 Å². The molecule has 1 aromatic heterocycles. The third kappa shape index (κ3) is 2.98. The van der Waals surface area contributed by atoms with Gasteiger partial charge in [-0.3, -0.25) is 19.1 Å². The molecule has 3 amide bonds. The Balaban J connectivity index is 1.90. The largest absolute Gasteiger partial charge is 0.364 e. The SMILES string of the molecule is CCn1cc(NC(=O)C2(C)Sc3ccccc3NC2=O)c(C(N)=O)n1. The van der Waals surface area contributed by atoms with Crippen molar-refractivity contribution in [1.29, 1.82) is 0 Å². The summed E-state index contributed by atoms with van der Waals surface area (Å²) in [5.41, 5.74) is 6.12. The molecule has 1 atom stereocenters. The van der Waals surface area contributed by atoms with Gasteiger partial charge in [0.2, 0.25) is 11.8 Å². The number of thioether (sulfide) groups is 1. The summed E-state index contributed by atoms with van der Waals surface area (Å²) < 4.78 is 0.0962. The van der Waals surface area contributed by atoms with Crippen LogP contribution in [0, 0.1) is 0 Å². The molecule has 9 heteroatoms. The first-order valence-electron chi connectivity index (χ1n) is 7.63. The number of benzene rings is 1. The maximum atomic E-state index is 12.8. The van der Waals surface area contributed by atoms with Crippen molar-refractivity contribution in [1.82, 2.24) is 9.78 Å². The lowest BCUT2D eigenvalue weighted by molar-refractivity contribution is -0.126. The van der Waals surface area contributed by atoms with Crippen LogP contribution in [0.1, 0.15) is 24.3 Å². The van der Waals surface area contributed by atoms with Crippen molar-refractivity contribution in [2.75, 3.05) is 10.6 Å². The molecule has 0 radical (unpaired) electrons. The van der Waals surface area contributed by atoms with Crippen LogP contribution in [0.5, 0.6) is 0 Å². The van der Waals surface area contributed by atoms with Gasteiger partial charge in [0.05, 0.1) is 11.4 Å². The minimum atomic E-state index is -1.39. The summed E-state index contributed by atoms with van der Waals surface area (Å²) in [4.78, 5) is 37.6. The van der Waals surface area contributed by atoms with Crippen LogP contribution in [0.4, 0.5) is 11.4 Å². The molecule has 4 N–H and O–H groups in total. The molecule has 8 nitrogen and oxygen atoms in total. The lowest BCUT2D eigenvalue weighted by Crippen LogP contribution is -2.49. The van der Waals surface area contributed by atoms with Gasteiger partial charge in [-0.1, -0.05) is 23.9 Å². The average molecular weight is 359 g/mol. The highest BCUT2D eigenvalue weighted by molar-refractivity contribution is 8.02. The van der Waals surface area contributed by atoms with Crippen molar-refractivity contribution in [3.63, 3.8) is 0 Å². The molecule has 2 aromatic rings. The van der Waals surface area contributed by atoms with Gasteiger partial charge in [-0.15, -0.1) is 0 Å². The first-order chi connectivity index (χ1) is 11.8. The fourth-order valence-corrected chi connectivity index (χ4v) is 3.52. The van der Waals surface area contributed by atoms with E-state index in [0.717, 1.165) is 16.7 Å². The van der Waals surface area contributed by atoms with Crippen LogP contribution < -0.4 is 16.4 Å². The Hall–Kier alpha value is -2.81. The number of primary amides is 1. The number of anilines is 2. The predicted molar refractivity (Wildman–Crippen MR) is 94.4 cm³/mol. The molecule has 0 saturated carbocycles. The second kappa shape index (κ2) is 6.25. The Morgan fingerprint density at radius 3 is 2.80 bits per heavy atom. The fourth-order valence-electron chi connectivity index (χ4n) is 2.41. The molecule has 1 aliphatic rings. The number of nitrogens with two attached hydrogens (primary N) is 1. The van der Waals surface area contributed by atoms with Crippen LogP contribution in [-0.2, 0) is 16.1 Å². The highest BCUT2D eigenvalue weighted by Crippen LogP contribution is 2.42. The predicted octanol–water partition coefficient (Wildman–Crippen LogP) is 1.44. The first-order valence-corrected chi connectivity index (χ1v) is 8.45. The standard InChI is InChI=1S/C16H17N5O3S/c1-3-21-8-10(12(20-21)13(17)22)19-15(24)16(2)14(23)18-9-6-4-5-7-11(9)25-16/h4-8H,3H2,1-2H3,(H2,17,22)(H,18,23)(H,19,24). The van der Waals surface area contributed by atoms with Crippen molar-refractivity contribution < 1.29 is 14.4 Å². The third-order valence-corrected chi connectivity index (χ3v) is 5.24. The van der Waals surface area contributed by atoms with E-state index in [1.54, 1.807) is 12.1 Å². The Bertz CT molecular complexity index is 878. The van der Waals surface area contributed by atoms with Crippen LogP contribution in [0.25, 0.3) is 0 Å². The van der Waals surface area contributed by atoms with Crippen LogP contribution >= 0.6 is 11.8 Å². The summed E-state index contributed by atoms with van der Waals surface area (Å²) in [6, 6.07) is 7.24. The monoisotopic (exact) mass is 359 g/mol. The Morgan fingerprint density at radius 2 is 2.12 bits per heavy atom. The van der Waals surface area contributed by atoms with Crippen LogP contribution in [-0.4, -0.2) is 32.2 Å². The second-order valence-corrected chi connectivity index (χ2v) is 7.11. The molecule has 1 unspecified atom stereocenters. The van der Waals surface area contributed by atoms with Crippen LogP contribution in [0.15, 0.2) is 35.4 Å². The number of amides is 3. The van der Waals surface area contributed by atoms with E-state index in [4.69, 9.17) is 5.73 Å². The average Bonchev–Trinajstić information content (AvgIpc) is 2.99.